The monoisotopic (exact) mass is 223 g/mol. The van der Waals surface area contributed by atoms with Gasteiger partial charge in [0.1, 0.15) is 11.5 Å². The first-order valence-electron chi connectivity index (χ1n) is 5.56. The second-order valence-corrected chi connectivity index (χ2v) is 4.63. The largest absolute Gasteiger partial charge is 0.481 e. The molecule has 2 rings (SSSR count). The minimum Gasteiger partial charge on any atom is -0.481 e. The van der Waals surface area contributed by atoms with E-state index in [0.717, 1.165) is 18.1 Å². The predicted molar refractivity (Wildman–Crippen MR) is 59.0 cm³/mol. The molecule has 1 aromatic rings. The quantitative estimate of drug-likeness (QED) is 0.848. The molecule has 1 aliphatic rings. The number of furan rings is 1. The summed E-state index contributed by atoms with van der Waals surface area (Å²) in [6.07, 6.45) is 0. The number of hydrogen-bond acceptors (Lipinski definition) is 3. The predicted octanol–water partition coefficient (Wildman–Crippen LogP) is 1.74. The number of aliphatic carboxylic acids is 1. The highest BCUT2D eigenvalue weighted by Gasteiger charge is 2.34. The Hall–Kier alpha value is -1.29. The molecule has 2 unspecified atom stereocenters. The first-order chi connectivity index (χ1) is 7.56. The van der Waals surface area contributed by atoms with Crippen molar-refractivity contribution in [2.24, 2.45) is 11.8 Å². The fourth-order valence-electron chi connectivity index (χ4n) is 2.31. The van der Waals surface area contributed by atoms with Gasteiger partial charge in [0.25, 0.3) is 0 Å². The lowest BCUT2D eigenvalue weighted by molar-refractivity contribution is -0.142. The summed E-state index contributed by atoms with van der Waals surface area (Å²) in [5, 5.41) is 9.02. The Morgan fingerprint density at radius 1 is 1.56 bits per heavy atom. The fraction of sp³-hybridized carbons (Fsp3) is 0.583. The van der Waals surface area contributed by atoms with Crippen LogP contribution in [0.1, 0.15) is 18.4 Å². The van der Waals surface area contributed by atoms with Crippen molar-refractivity contribution in [3.8, 4) is 0 Å². The smallest absolute Gasteiger partial charge is 0.308 e. The molecule has 88 valence electrons. The average molecular weight is 223 g/mol. The highest BCUT2D eigenvalue weighted by Crippen LogP contribution is 2.24. The van der Waals surface area contributed by atoms with E-state index in [4.69, 9.17) is 9.52 Å². The molecule has 16 heavy (non-hydrogen) atoms. The summed E-state index contributed by atoms with van der Waals surface area (Å²) in [5.41, 5.74) is 0. The molecule has 1 aromatic heterocycles. The first-order valence-corrected chi connectivity index (χ1v) is 5.56. The number of rotatable bonds is 3. The molecular formula is C12H17NO3. The van der Waals surface area contributed by atoms with Crippen LogP contribution in [-0.4, -0.2) is 29.1 Å². The van der Waals surface area contributed by atoms with Crippen LogP contribution in [-0.2, 0) is 11.3 Å². The lowest BCUT2D eigenvalue weighted by Gasteiger charge is -2.12. The maximum atomic E-state index is 11.0. The SMILES string of the molecule is Cc1ccc(CN2CC(C)C(C(=O)O)C2)o1. The third-order valence-corrected chi connectivity index (χ3v) is 3.18. The van der Waals surface area contributed by atoms with Gasteiger partial charge < -0.3 is 9.52 Å². The summed E-state index contributed by atoms with van der Waals surface area (Å²) in [5.74, 6) is 1.10. The molecule has 4 heteroatoms. The Morgan fingerprint density at radius 3 is 2.81 bits per heavy atom. The van der Waals surface area contributed by atoms with Crippen LogP contribution in [0.15, 0.2) is 16.5 Å². The van der Waals surface area contributed by atoms with Crippen molar-refractivity contribution >= 4 is 5.97 Å². The van der Waals surface area contributed by atoms with E-state index in [1.54, 1.807) is 0 Å². The topological polar surface area (TPSA) is 53.7 Å². The minimum atomic E-state index is -0.689. The number of aryl methyl sites for hydroxylation is 1. The van der Waals surface area contributed by atoms with Crippen LogP contribution in [0.2, 0.25) is 0 Å². The fourth-order valence-corrected chi connectivity index (χ4v) is 2.31. The van der Waals surface area contributed by atoms with Crippen molar-refractivity contribution in [2.75, 3.05) is 13.1 Å². The number of carbonyl (C=O) groups is 1. The Balaban J connectivity index is 1.96. The Kier molecular flexibility index (Phi) is 3.01. The molecule has 0 aliphatic carbocycles. The molecule has 0 spiro atoms. The first kappa shape index (κ1) is 11.2. The standard InChI is InChI=1S/C12H17NO3/c1-8-5-13(7-11(8)12(14)15)6-10-4-3-9(2)16-10/h3-4,8,11H,5-7H2,1-2H3,(H,14,15). The summed E-state index contributed by atoms with van der Waals surface area (Å²) in [6, 6.07) is 3.89. The van der Waals surface area contributed by atoms with Crippen LogP contribution in [0.25, 0.3) is 0 Å². The van der Waals surface area contributed by atoms with E-state index < -0.39 is 5.97 Å². The molecule has 1 saturated heterocycles. The number of carboxylic acids is 1. The lowest BCUT2D eigenvalue weighted by atomic mass is 9.99. The van der Waals surface area contributed by atoms with Crippen molar-refractivity contribution in [3.05, 3.63) is 23.7 Å². The number of nitrogens with zero attached hydrogens (tertiary/aromatic N) is 1. The second kappa shape index (κ2) is 4.29. The van der Waals surface area contributed by atoms with Gasteiger partial charge >= 0.3 is 5.97 Å². The van der Waals surface area contributed by atoms with Crippen LogP contribution in [0.5, 0.6) is 0 Å². The van der Waals surface area contributed by atoms with Crippen molar-refractivity contribution in [1.82, 2.24) is 4.90 Å². The zero-order valence-electron chi connectivity index (χ0n) is 9.64. The minimum absolute atomic E-state index is 0.216. The number of hydrogen-bond donors (Lipinski definition) is 1. The lowest BCUT2D eigenvalue weighted by Crippen LogP contribution is -2.22. The van der Waals surface area contributed by atoms with Gasteiger partial charge in [0.2, 0.25) is 0 Å². The highest BCUT2D eigenvalue weighted by atomic mass is 16.4. The van der Waals surface area contributed by atoms with Gasteiger partial charge in [-0.15, -0.1) is 0 Å². The summed E-state index contributed by atoms with van der Waals surface area (Å²) in [6.45, 7) is 6.07. The van der Waals surface area contributed by atoms with Crippen LogP contribution in [0.4, 0.5) is 0 Å². The molecule has 4 nitrogen and oxygen atoms in total. The Bertz CT molecular complexity index is 385. The third kappa shape index (κ3) is 2.27. The van der Waals surface area contributed by atoms with Gasteiger partial charge in [0.15, 0.2) is 0 Å². The van der Waals surface area contributed by atoms with Crippen LogP contribution in [0, 0.1) is 18.8 Å². The number of carboxylic acid groups (broad SMARTS) is 1. The third-order valence-electron chi connectivity index (χ3n) is 3.18. The van der Waals surface area contributed by atoms with Crippen molar-refractivity contribution < 1.29 is 14.3 Å². The number of likely N-dealkylation sites (tertiary alicyclic amines) is 1. The maximum Gasteiger partial charge on any atom is 0.308 e. The molecule has 0 bridgehead atoms. The van der Waals surface area contributed by atoms with E-state index in [1.807, 2.05) is 26.0 Å². The van der Waals surface area contributed by atoms with Gasteiger partial charge in [-0.1, -0.05) is 6.92 Å². The van der Waals surface area contributed by atoms with Gasteiger partial charge in [-0.2, -0.15) is 0 Å². The molecule has 1 N–H and O–H groups in total. The van der Waals surface area contributed by atoms with Gasteiger partial charge in [0.05, 0.1) is 12.5 Å². The molecule has 0 aromatic carbocycles. The molecular weight excluding hydrogens is 206 g/mol. The zero-order valence-corrected chi connectivity index (χ0v) is 9.64. The van der Waals surface area contributed by atoms with Crippen molar-refractivity contribution in [3.63, 3.8) is 0 Å². The van der Waals surface area contributed by atoms with Crippen LogP contribution < -0.4 is 0 Å². The highest BCUT2D eigenvalue weighted by molar-refractivity contribution is 5.71. The summed E-state index contributed by atoms with van der Waals surface area (Å²) in [7, 11) is 0. The zero-order chi connectivity index (χ0) is 11.7. The van der Waals surface area contributed by atoms with Gasteiger partial charge in [-0.3, -0.25) is 9.69 Å². The molecule has 0 saturated carbocycles. The van der Waals surface area contributed by atoms with E-state index in [2.05, 4.69) is 4.90 Å². The summed E-state index contributed by atoms with van der Waals surface area (Å²) < 4.78 is 5.49. The maximum absolute atomic E-state index is 11.0. The van der Waals surface area contributed by atoms with Crippen LogP contribution in [0.3, 0.4) is 0 Å². The van der Waals surface area contributed by atoms with E-state index in [1.165, 1.54) is 0 Å². The van der Waals surface area contributed by atoms with Gasteiger partial charge in [-0.05, 0) is 25.0 Å². The van der Waals surface area contributed by atoms with E-state index >= 15 is 0 Å². The molecule has 1 aliphatic heterocycles. The van der Waals surface area contributed by atoms with Crippen molar-refractivity contribution in [1.29, 1.82) is 0 Å². The Labute approximate surface area is 94.9 Å². The van der Waals surface area contributed by atoms with E-state index in [9.17, 15) is 4.79 Å². The summed E-state index contributed by atoms with van der Waals surface area (Å²) >= 11 is 0. The molecule has 2 atom stereocenters. The molecule has 0 radical (unpaired) electrons. The average Bonchev–Trinajstić information content (AvgIpc) is 2.73. The second-order valence-electron chi connectivity index (χ2n) is 4.63. The molecule has 0 amide bonds. The van der Waals surface area contributed by atoms with Crippen molar-refractivity contribution in [2.45, 2.75) is 20.4 Å². The Morgan fingerprint density at radius 2 is 2.31 bits per heavy atom. The summed E-state index contributed by atoms with van der Waals surface area (Å²) in [4.78, 5) is 13.1. The van der Waals surface area contributed by atoms with E-state index in [0.29, 0.717) is 13.1 Å². The van der Waals surface area contributed by atoms with Gasteiger partial charge in [-0.25, -0.2) is 0 Å². The van der Waals surface area contributed by atoms with Gasteiger partial charge in [0, 0.05) is 13.1 Å². The normalized spacial score (nSPS) is 26.1. The van der Waals surface area contributed by atoms with Crippen LogP contribution >= 0.6 is 0 Å². The molecule has 1 fully saturated rings. The van der Waals surface area contributed by atoms with E-state index in [-0.39, 0.29) is 11.8 Å². The molecule has 2 heterocycles.